The molecule has 0 spiro atoms. The van der Waals surface area contributed by atoms with Crippen LogP contribution in [0.25, 0.3) is 11.4 Å². The third kappa shape index (κ3) is 2.11. The van der Waals surface area contributed by atoms with Gasteiger partial charge in [0, 0.05) is 24.6 Å². The number of nitrogens with one attached hydrogen (secondary N) is 1. The molecular weight excluding hydrogens is 266 g/mol. The first-order valence-electron chi connectivity index (χ1n) is 7.01. The summed E-state index contributed by atoms with van der Waals surface area (Å²) in [5, 5.41) is 7.46. The minimum Gasteiger partial charge on any atom is -0.469 e. The van der Waals surface area contributed by atoms with Crippen molar-refractivity contribution in [1.82, 2.24) is 10.1 Å². The van der Waals surface area contributed by atoms with Crippen molar-refractivity contribution in [3.8, 4) is 11.4 Å². The van der Waals surface area contributed by atoms with Crippen LogP contribution in [0.1, 0.15) is 23.1 Å². The van der Waals surface area contributed by atoms with Crippen LogP contribution < -0.4 is 5.32 Å². The maximum Gasteiger partial charge on any atom is 0.227 e. The van der Waals surface area contributed by atoms with Crippen LogP contribution in [0.4, 0.5) is 5.69 Å². The van der Waals surface area contributed by atoms with Crippen LogP contribution in [0.2, 0.25) is 0 Å². The van der Waals surface area contributed by atoms with Crippen molar-refractivity contribution in [2.45, 2.75) is 19.3 Å². The summed E-state index contributed by atoms with van der Waals surface area (Å²) in [6.45, 7) is 2.80. The second kappa shape index (κ2) is 4.77. The first-order valence-corrected chi connectivity index (χ1v) is 7.01. The van der Waals surface area contributed by atoms with Gasteiger partial charge in [-0.25, -0.2) is 0 Å². The standard InChI is InChI=1S/C16H15N3O2/c1-10-12(6-7-20-10)16-18-15(21-19-16)8-11-9-17-14-5-3-2-4-13(11)14/h2-7,11,17H,8-9H2,1H3. The Bertz CT molecular complexity index is 775. The largest absolute Gasteiger partial charge is 0.469 e. The fourth-order valence-electron chi connectivity index (χ4n) is 2.81. The lowest BCUT2D eigenvalue weighted by Crippen LogP contribution is -2.05. The van der Waals surface area contributed by atoms with Gasteiger partial charge in [0.1, 0.15) is 5.76 Å². The molecule has 3 aromatic rings. The van der Waals surface area contributed by atoms with E-state index in [-0.39, 0.29) is 0 Å². The number of nitrogens with zero attached hydrogens (tertiary/aromatic N) is 2. The molecule has 3 heterocycles. The van der Waals surface area contributed by atoms with E-state index in [1.807, 2.05) is 19.1 Å². The predicted octanol–water partition coefficient (Wildman–Crippen LogP) is 3.39. The van der Waals surface area contributed by atoms with Crippen LogP contribution >= 0.6 is 0 Å². The molecule has 106 valence electrons. The molecule has 5 heteroatoms. The van der Waals surface area contributed by atoms with Gasteiger partial charge in [-0.3, -0.25) is 0 Å². The smallest absolute Gasteiger partial charge is 0.227 e. The number of para-hydroxylation sites is 1. The molecule has 0 bridgehead atoms. The summed E-state index contributed by atoms with van der Waals surface area (Å²) in [6.07, 6.45) is 2.38. The number of aryl methyl sites for hydroxylation is 1. The third-order valence-electron chi connectivity index (χ3n) is 3.93. The fraction of sp³-hybridized carbons (Fsp3) is 0.250. The molecule has 2 aromatic heterocycles. The average Bonchev–Trinajstić information content (AvgIpc) is 3.20. The summed E-state index contributed by atoms with van der Waals surface area (Å²) in [7, 11) is 0. The Morgan fingerprint density at radius 1 is 1.29 bits per heavy atom. The molecule has 1 unspecified atom stereocenters. The third-order valence-corrected chi connectivity index (χ3v) is 3.93. The minimum atomic E-state index is 0.375. The van der Waals surface area contributed by atoms with Gasteiger partial charge in [0.25, 0.3) is 0 Å². The number of furan rings is 1. The monoisotopic (exact) mass is 281 g/mol. The van der Waals surface area contributed by atoms with Gasteiger partial charge >= 0.3 is 0 Å². The zero-order chi connectivity index (χ0) is 14.2. The van der Waals surface area contributed by atoms with Crippen molar-refractivity contribution in [3.63, 3.8) is 0 Å². The molecule has 0 amide bonds. The Hall–Kier alpha value is -2.56. The number of anilines is 1. The van der Waals surface area contributed by atoms with E-state index < -0.39 is 0 Å². The summed E-state index contributed by atoms with van der Waals surface area (Å²) in [5.74, 6) is 2.43. The summed E-state index contributed by atoms with van der Waals surface area (Å²) in [4.78, 5) is 4.48. The van der Waals surface area contributed by atoms with Crippen LogP contribution in [0.15, 0.2) is 45.5 Å². The molecule has 21 heavy (non-hydrogen) atoms. The van der Waals surface area contributed by atoms with Gasteiger partial charge in [-0.15, -0.1) is 0 Å². The van der Waals surface area contributed by atoms with Crippen LogP contribution in [-0.4, -0.2) is 16.7 Å². The molecule has 1 aliphatic rings. The summed E-state index contributed by atoms with van der Waals surface area (Å²) in [6, 6.07) is 10.2. The predicted molar refractivity (Wildman–Crippen MR) is 78.1 cm³/mol. The van der Waals surface area contributed by atoms with Gasteiger partial charge in [-0.05, 0) is 24.6 Å². The molecule has 4 rings (SSSR count). The molecule has 0 saturated carbocycles. The maximum atomic E-state index is 5.39. The van der Waals surface area contributed by atoms with Crippen LogP contribution in [0.3, 0.4) is 0 Å². The van der Waals surface area contributed by atoms with Crippen molar-refractivity contribution >= 4 is 5.69 Å². The van der Waals surface area contributed by atoms with Crippen LogP contribution in [0, 0.1) is 6.92 Å². The zero-order valence-electron chi connectivity index (χ0n) is 11.7. The van der Waals surface area contributed by atoms with E-state index in [1.165, 1.54) is 11.3 Å². The Kier molecular flexibility index (Phi) is 2.77. The topological polar surface area (TPSA) is 64.1 Å². The molecule has 0 fully saturated rings. The fourth-order valence-corrected chi connectivity index (χ4v) is 2.81. The average molecular weight is 281 g/mol. The normalized spacial score (nSPS) is 16.7. The molecule has 1 aliphatic heterocycles. The lowest BCUT2D eigenvalue weighted by molar-refractivity contribution is 0.372. The first kappa shape index (κ1) is 12.2. The minimum absolute atomic E-state index is 0.375. The number of hydrogen-bond donors (Lipinski definition) is 1. The summed E-state index contributed by atoms with van der Waals surface area (Å²) in [5.41, 5.74) is 3.40. The van der Waals surface area contributed by atoms with Gasteiger partial charge in [0.15, 0.2) is 0 Å². The Morgan fingerprint density at radius 3 is 3.05 bits per heavy atom. The number of benzene rings is 1. The summed E-state index contributed by atoms with van der Waals surface area (Å²) < 4.78 is 10.7. The van der Waals surface area contributed by atoms with Crippen molar-refractivity contribution in [3.05, 3.63) is 53.8 Å². The van der Waals surface area contributed by atoms with E-state index in [9.17, 15) is 0 Å². The highest BCUT2D eigenvalue weighted by atomic mass is 16.5. The molecule has 0 radical (unpaired) electrons. The van der Waals surface area contributed by atoms with Crippen molar-refractivity contribution < 1.29 is 8.94 Å². The molecule has 1 N–H and O–H groups in total. The van der Waals surface area contributed by atoms with Crippen molar-refractivity contribution in [2.75, 3.05) is 11.9 Å². The van der Waals surface area contributed by atoms with E-state index in [2.05, 4.69) is 33.7 Å². The molecule has 1 atom stereocenters. The number of fused-ring (bicyclic) bond motifs is 1. The highest BCUT2D eigenvalue weighted by Gasteiger charge is 2.24. The second-order valence-electron chi connectivity index (χ2n) is 5.27. The van der Waals surface area contributed by atoms with Gasteiger partial charge in [0.2, 0.25) is 11.7 Å². The van der Waals surface area contributed by atoms with E-state index in [1.54, 1.807) is 6.26 Å². The van der Waals surface area contributed by atoms with E-state index >= 15 is 0 Å². The Balaban J connectivity index is 1.57. The number of hydrogen-bond acceptors (Lipinski definition) is 5. The first-order chi connectivity index (χ1) is 10.3. The summed E-state index contributed by atoms with van der Waals surface area (Å²) >= 11 is 0. The van der Waals surface area contributed by atoms with Gasteiger partial charge in [0.05, 0.1) is 11.8 Å². The molecule has 0 saturated heterocycles. The van der Waals surface area contributed by atoms with Crippen LogP contribution in [0.5, 0.6) is 0 Å². The molecular formula is C16H15N3O2. The van der Waals surface area contributed by atoms with Crippen LogP contribution in [-0.2, 0) is 6.42 Å². The van der Waals surface area contributed by atoms with E-state index in [4.69, 9.17) is 8.94 Å². The number of rotatable bonds is 3. The Morgan fingerprint density at radius 2 is 2.19 bits per heavy atom. The van der Waals surface area contributed by atoms with Crippen molar-refractivity contribution in [1.29, 1.82) is 0 Å². The molecule has 5 nitrogen and oxygen atoms in total. The lowest BCUT2D eigenvalue weighted by atomic mass is 9.98. The van der Waals surface area contributed by atoms with Gasteiger partial charge in [-0.1, -0.05) is 23.4 Å². The van der Waals surface area contributed by atoms with Gasteiger partial charge in [-0.2, -0.15) is 4.98 Å². The highest BCUT2D eigenvalue weighted by Crippen LogP contribution is 2.33. The van der Waals surface area contributed by atoms with E-state index in [0.717, 1.165) is 24.3 Å². The molecule has 1 aromatic carbocycles. The van der Waals surface area contributed by atoms with E-state index in [0.29, 0.717) is 17.6 Å². The number of aromatic nitrogens is 2. The quantitative estimate of drug-likeness (QED) is 0.797. The highest BCUT2D eigenvalue weighted by molar-refractivity contribution is 5.58. The Labute approximate surface area is 122 Å². The SMILES string of the molecule is Cc1occc1-c1noc(CC2CNc3ccccc32)n1. The zero-order valence-corrected chi connectivity index (χ0v) is 11.7. The van der Waals surface area contributed by atoms with Crippen molar-refractivity contribution in [2.24, 2.45) is 0 Å². The lowest BCUT2D eigenvalue weighted by Gasteiger charge is -2.05. The second-order valence-corrected chi connectivity index (χ2v) is 5.27. The van der Waals surface area contributed by atoms with Gasteiger partial charge < -0.3 is 14.3 Å². The molecule has 0 aliphatic carbocycles. The maximum absolute atomic E-state index is 5.39.